The monoisotopic (exact) mass is 298 g/mol. The van der Waals surface area contributed by atoms with Crippen molar-refractivity contribution in [2.45, 2.75) is 6.42 Å². The Balaban J connectivity index is 2.03. The minimum absolute atomic E-state index is 0.0760. The van der Waals surface area contributed by atoms with E-state index in [0.717, 1.165) is 35.4 Å². The van der Waals surface area contributed by atoms with Gasteiger partial charge < -0.3 is 15.4 Å². The van der Waals surface area contributed by atoms with Gasteiger partial charge in [-0.1, -0.05) is 0 Å². The van der Waals surface area contributed by atoms with E-state index in [1.165, 1.54) is 0 Å². The van der Waals surface area contributed by atoms with Gasteiger partial charge in [0, 0.05) is 12.2 Å². The summed E-state index contributed by atoms with van der Waals surface area (Å²) in [4.78, 5) is 11.9. The molecule has 2 N–H and O–H groups in total. The lowest BCUT2D eigenvalue weighted by molar-refractivity contribution is -0.119. The molecule has 1 fully saturated rings. The molecule has 0 spiro atoms. The first-order valence-electron chi connectivity index (χ1n) is 5.56. The lowest BCUT2D eigenvalue weighted by atomic mass is 10.1. The van der Waals surface area contributed by atoms with E-state index >= 15 is 0 Å². The minimum Gasteiger partial charge on any atom is -0.496 e. The molecule has 92 valence electrons. The first-order valence-corrected chi connectivity index (χ1v) is 6.35. The van der Waals surface area contributed by atoms with Crippen LogP contribution in [0.2, 0.25) is 0 Å². The molecule has 0 aliphatic carbocycles. The molecule has 1 saturated heterocycles. The number of methoxy groups -OCH3 is 1. The Bertz CT molecular complexity index is 417. The molecular weight excluding hydrogens is 284 g/mol. The number of carbonyl (C=O) groups is 1. The summed E-state index contributed by atoms with van der Waals surface area (Å²) in [6.45, 7) is 1.69. The van der Waals surface area contributed by atoms with Gasteiger partial charge in [0.25, 0.3) is 0 Å². The number of carbonyl (C=O) groups excluding carboxylic acids is 1. The third kappa shape index (κ3) is 2.98. The van der Waals surface area contributed by atoms with Crippen LogP contribution < -0.4 is 15.4 Å². The third-order valence-electron chi connectivity index (χ3n) is 2.85. The van der Waals surface area contributed by atoms with E-state index in [0.29, 0.717) is 0 Å². The second kappa shape index (κ2) is 5.51. The van der Waals surface area contributed by atoms with E-state index in [4.69, 9.17) is 4.74 Å². The molecule has 4 nitrogen and oxygen atoms in total. The number of amides is 1. The third-order valence-corrected chi connectivity index (χ3v) is 3.47. The van der Waals surface area contributed by atoms with Crippen molar-refractivity contribution in [1.82, 2.24) is 5.32 Å². The molecule has 1 heterocycles. The minimum atomic E-state index is 0.0760. The van der Waals surface area contributed by atoms with Crippen LogP contribution >= 0.6 is 15.9 Å². The van der Waals surface area contributed by atoms with Crippen molar-refractivity contribution in [3.8, 4) is 5.75 Å². The van der Waals surface area contributed by atoms with Crippen LogP contribution in [0.1, 0.15) is 6.42 Å². The highest BCUT2D eigenvalue weighted by Crippen LogP contribution is 2.28. The van der Waals surface area contributed by atoms with Crippen molar-refractivity contribution in [3.05, 3.63) is 22.7 Å². The first kappa shape index (κ1) is 12.4. The summed E-state index contributed by atoms with van der Waals surface area (Å²) in [5.41, 5.74) is 0.787. The van der Waals surface area contributed by atoms with Crippen LogP contribution in [0.5, 0.6) is 5.75 Å². The van der Waals surface area contributed by atoms with Crippen LogP contribution in [-0.4, -0.2) is 26.1 Å². The summed E-state index contributed by atoms with van der Waals surface area (Å²) in [7, 11) is 1.61. The number of halogens is 1. The molecule has 0 aromatic heterocycles. The largest absolute Gasteiger partial charge is 0.496 e. The zero-order valence-corrected chi connectivity index (χ0v) is 11.2. The van der Waals surface area contributed by atoms with Gasteiger partial charge in [0.05, 0.1) is 17.5 Å². The molecule has 1 aliphatic heterocycles. The van der Waals surface area contributed by atoms with E-state index in [-0.39, 0.29) is 11.8 Å². The summed E-state index contributed by atoms with van der Waals surface area (Å²) in [6.07, 6.45) is 0.906. The molecule has 1 atom stereocenters. The molecule has 1 aromatic rings. The summed E-state index contributed by atoms with van der Waals surface area (Å²) >= 11 is 3.39. The Morgan fingerprint density at radius 3 is 3.00 bits per heavy atom. The van der Waals surface area contributed by atoms with Gasteiger partial charge in [-0.3, -0.25) is 4.79 Å². The van der Waals surface area contributed by atoms with Gasteiger partial charge in [0.2, 0.25) is 5.91 Å². The second-order valence-corrected chi connectivity index (χ2v) is 4.88. The Morgan fingerprint density at radius 1 is 1.59 bits per heavy atom. The SMILES string of the molecule is COc1ccc(NC(=O)C2CCNC2)cc1Br. The molecule has 1 unspecified atom stereocenters. The predicted molar refractivity (Wildman–Crippen MR) is 70.3 cm³/mol. The van der Waals surface area contributed by atoms with Gasteiger partial charge in [-0.15, -0.1) is 0 Å². The Labute approximate surface area is 109 Å². The normalized spacial score (nSPS) is 19.1. The van der Waals surface area contributed by atoms with E-state index in [1.54, 1.807) is 7.11 Å². The average Bonchev–Trinajstić information content (AvgIpc) is 2.82. The van der Waals surface area contributed by atoms with Gasteiger partial charge in [-0.05, 0) is 47.1 Å². The van der Waals surface area contributed by atoms with Crippen molar-refractivity contribution in [1.29, 1.82) is 0 Å². The standard InChI is InChI=1S/C12H15BrN2O2/c1-17-11-3-2-9(6-10(11)13)15-12(16)8-4-5-14-7-8/h2-3,6,8,14H,4-5,7H2,1H3,(H,15,16). The zero-order chi connectivity index (χ0) is 12.3. The van der Waals surface area contributed by atoms with Crippen molar-refractivity contribution >= 4 is 27.5 Å². The molecular formula is C12H15BrN2O2. The number of rotatable bonds is 3. The van der Waals surface area contributed by atoms with Crippen molar-refractivity contribution in [2.24, 2.45) is 5.92 Å². The summed E-state index contributed by atoms with van der Waals surface area (Å²) in [5, 5.41) is 6.09. The first-order chi connectivity index (χ1) is 8.20. The highest BCUT2D eigenvalue weighted by molar-refractivity contribution is 9.10. The molecule has 0 radical (unpaired) electrons. The summed E-state index contributed by atoms with van der Waals surface area (Å²) < 4.78 is 5.97. The van der Waals surface area contributed by atoms with Gasteiger partial charge in [0.1, 0.15) is 5.75 Å². The molecule has 1 aromatic carbocycles. The Morgan fingerprint density at radius 2 is 2.41 bits per heavy atom. The lowest BCUT2D eigenvalue weighted by Gasteiger charge is -2.11. The smallest absolute Gasteiger partial charge is 0.228 e. The topological polar surface area (TPSA) is 50.4 Å². The van der Waals surface area contributed by atoms with Crippen LogP contribution in [0.25, 0.3) is 0 Å². The number of anilines is 1. The molecule has 0 bridgehead atoms. The summed E-state index contributed by atoms with van der Waals surface area (Å²) in [5.74, 6) is 0.911. The van der Waals surface area contributed by atoms with Crippen LogP contribution in [-0.2, 0) is 4.79 Å². The van der Waals surface area contributed by atoms with E-state index in [9.17, 15) is 4.79 Å². The fourth-order valence-corrected chi connectivity index (χ4v) is 2.41. The Kier molecular flexibility index (Phi) is 4.02. The number of ether oxygens (including phenoxy) is 1. The van der Waals surface area contributed by atoms with Crippen molar-refractivity contribution in [3.63, 3.8) is 0 Å². The highest BCUT2D eigenvalue weighted by atomic mass is 79.9. The van der Waals surface area contributed by atoms with E-state index in [1.807, 2.05) is 18.2 Å². The summed E-state index contributed by atoms with van der Waals surface area (Å²) in [6, 6.07) is 5.51. The quantitative estimate of drug-likeness (QED) is 0.897. The number of hydrogen-bond acceptors (Lipinski definition) is 3. The fraction of sp³-hybridized carbons (Fsp3) is 0.417. The van der Waals surface area contributed by atoms with Crippen molar-refractivity contribution < 1.29 is 9.53 Å². The Hall–Kier alpha value is -1.07. The van der Waals surface area contributed by atoms with Gasteiger partial charge in [0.15, 0.2) is 0 Å². The zero-order valence-electron chi connectivity index (χ0n) is 9.63. The van der Waals surface area contributed by atoms with Gasteiger partial charge >= 0.3 is 0 Å². The lowest BCUT2D eigenvalue weighted by Crippen LogP contribution is -2.24. The second-order valence-electron chi connectivity index (χ2n) is 4.03. The molecule has 0 saturated carbocycles. The maximum atomic E-state index is 11.9. The highest BCUT2D eigenvalue weighted by Gasteiger charge is 2.22. The molecule has 5 heteroatoms. The molecule has 1 amide bonds. The number of benzene rings is 1. The fourth-order valence-electron chi connectivity index (χ4n) is 1.87. The van der Waals surface area contributed by atoms with E-state index in [2.05, 4.69) is 26.6 Å². The molecule has 2 rings (SSSR count). The van der Waals surface area contributed by atoms with Gasteiger partial charge in [-0.25, -0.2) is 0 Å². The van der Waals surface area contributed by atoms with Crippen molar-refractivity contribution in [2.75, 3.05) is 25.5 Å². The molecule has 17 heavy (non-hydrogen) atoms. The van der Waals surface area contributed by atoms with E-state index < -0.39 is 0 Å². The van der Waals surface area contributed by atoms with Crippen LogP contribution in [0.15, 0.2) is 22.7 Å². The average molecular weight is 299 g/mol. The number of hydrogen-bond donors (Lipinski definition) is 2. The predicted octanol–water partition coefficient (Wildman–Crippen LogP) is 2.01. The van der Waals surface area contributed by atoms with Crippen LogP contribution in [0, 0.1) is 5.92 Å². The van der Waals surface area contributed by atoms with Crippen LogP contribution in [0.4, 0.5) is 5.69 Å². The van der Waals surface area contributed by atoms with Gasteiger partial charge in [-0.2, -0.15) is 0 Å². The van der Waals surface area contributed by atoms with Crippen LogP contribution in [0.3, 0.4) is 0 Å². The molecule has 1 aliphatic rings. The maximum Gasteiger partial charge on any atom is 0.228 e. The number of nitrogens with one attached hydrogen (secondary N) is 2. The maximum absolute atomic E-state index is 11.9.